The number of hydrogen-bond donors (Lipinski definition) is 1. The Morgan fingerprint density at radius 1 is 1.46 bits per heavy atom. The SMILES string of the molecule is CN1C[C@@H](C(F)(F)F)[C@H](C(=O)O)C1. The van der Waals surface area contributed by atoms with Gasteiger partial charge in [-0.15, -0.1) is 0 Å². The molecule has 1 aliphatic rings. The van der Waals surface area contributed by atoms with E-state index in [1.165, 1.54) is 11.9 Å². The molecule has 13 heavy (non-hydrogen) atoms. The van der Waals surface area contributed by atoms with Crippen molar-refractivity contribution in [2.45, 2.75) is 6.18 Å². The number of nitrogens with zero attached hydrogens (tertiary/aromatic N) is 1. The Hall–Kier alpha value is -0.780. The van der Waals surface area contributed by atoms with E-state index < -0.39 is 24.0 Å². The van der Waals surface area contributed by atoms with E-state index in [1.54, 1.807) is 0 Å². The minimum Gasteiger partial charge on any atom is -0.481 e. The van der Waals surface area contributed by atoms with Gasteiger partial charge >= 0.3 is 12.1 Å². The first-order chi connectivity index (χ1) is 5.82. The number of carbonyl (C=O) groups is 1. The van der Waals surface area contributed by atoms with Crippen molar-refractivity contribution in [2.24, 2.45) is 11.8 Å². The molecule has 0 saturated carbocycles. The van der Waals surface area contributed by atoms with Gasteiger partial charge in [-0.3, -0.25) is 4.79 Å². The number of rotatable bonds is 1. The molecular formula is C7H10F3NO2. The molecule has 0 aliphatic carbocycles. The number of aliphatic carboxylic acids is 1. The lowest BCUT2D eigenvalue weighted by Crippen LogP contribution is -2.33. The van der Waals surface area contributed by atoms with E-state index >= 15 is 0 Å². The lowest BCUT2D eigenvalue weighted by Gasteiger charge is -2.17. The zero-order valence-electron chi connectivity index (χ0n) is 7.01. The summed E-state index contributed by atoms with van der Waals surface area (Å²) in [4.78, 5) is 11.9. The summed E-state index contributed by atoms with van der Waals surface area (Å²) in [6.45, 7) is -0.250. The molecule has 1 saturated heterocycles. The third-order valence-electron chi connectivity index (χ3n) is 2.24. The van der Waals surface area contributed by atoms with Crippen molar-refractivity contribution in [1.29, 1.82) is 0 Å². The minimum atomic E-state index is -4.41. The first-order valence-electron chi connectivity index (χ1n) is 3.80. The van der Waals surface area contributed by atoms with E-state index in [1.807, 2.05) is 0 Å². The highest BCUT2D eigenvalue weighted by Crippen LogP contribution is 2.36. The molecule has 1 aliphatic heterocycles. The molecule has 0 aromatic rings. The number of carboxylic acid groups (broad SMARTS) is 1. The third-order valence-corrected chi connectivity index (χ3v) is 2.24. The topological polar surface area (TPSA) is 40.5 Å². The molecule has 1 N–H and O–H groups in total. The van der Waals surface area contributed by atoms with Gasteiger partial charge < -0.3 is 10.0 Å². The van der Waals surface area contributed by atoms with Crippen molar-refractivity contribution in [3.63, 3.8) is 0 Å². The van der Waals surface area contributed by atoms with Gasteiger partial charge in [-0.05, 0) is 7.05 Å². The summed E-state index contributed by atoms with van der Waals surface area (Å²) in [6.07, 6.45) is -4.41. The highest BCUT2D eigenvalue weighted by atomic mass is 19.4. The van der Waals surface area contributed by atoms with Crippen LogP contribution in [-0.4, -0.2) is 42.3 Å². The first kappa shape index (κ1) is 10.3. The second-order valence-corrected chi connectivity index (χ2v) is 3.31. The maximum atomic E-state index is 12.3. The van der Waals surface area contributed by atoms with Gasteiger partial charge in [-0.2, -0.15) is 13.2 Å². The Bertz CT molecular complexity index is 216. The summed E-state index contributed by atoms with van der Waals surface area (Å²) < 4.78 is 36.8. The van der Waals surface area contributed by atoms with Crippen molar-refractivity contribution in [2.75, 3.05) is 20.1 Å². The van der Waals surface area contributed by atoms with Crippen molar-refractivity contribution in [1.82, 2.24) is 4.90 Å². The zero-order chi connectivity index (χ0) is 10.2. The van der Waals surface area contributed by atoms with Gasteiger partial charge in [0.15, 0.2) is 0 Å². The van der Waals surface area contributed by atoms with E-state index in [0.717, 1.165) is 0 Å². The summed E-state index contributed by atoms with van der Waals surface area (Å²) in [5, 5.41) is 8.54. The normalized spacial score (nSPS) is 30.8. The minimum absolute atomic E-state index is 0.0283. The maximum Gasteiger partial charge on any atom is 0.393 e. The summed E-state index contributed by atoms with van der Waals surface area (Å²) in [5.41, 5.74) is 0. The molecule has 0 amide bonds. The summed E-state index contributed by atoms with van der Waals surface area (Å²) in [7, 11) is 1.49. The molecule has 6 heteroatoms. The van der Waals surface area contributed by atoms with Crippen LogP contribution >= 0.6 is 0 Å². The number of halogens is 3. The highest BCUT2D eigenvalue weighted by Gasteiger charge is 2.51. The molecule has 2 atom stereocenters. The summed E-state index contributed by atoms with van der Waals surface area (Å²) >= 11 is 0. The van der Waals surface area contributed by atoms with E-state index in [0.29, 0.717) is 0 Å². The quantitative estimate of drug-likeness (QED) is 0.676. The van der Waals surface area contributed by atoms with Crippen molar-refractivity contribution >= 4 is 5.97 Å². The van der Waals surface area contributed by atoms with Crippen LogP contribution in [0.1, 0.15) is 0 Å². The Balaban J connectivity index is 2.78. The fourth-order valence-corrected chi connectivity index (χ4v) is 1.58. The van der Waals surface area contributed by atoms with Crippen LogP contribution in [0.15, 0.2) is 0 Å². The Morgan fingerprint density at radius 2 is 2.00 bits per heavy atom. The average Bonchev–Trinajstić information content (AvgIpc) is 2.29. The van der Waals surface area contributed by atoms with E-state index in [9.17, 15) is 18.0 Å². The summed E-state index contributed by atoms with van der Waals surface area (Å²) in [5.74, 6) is -4.41. The molecule has 0 radical (unpaired) electrons. The smallest absolute Gasteiger partial charge is 0.393 e. The molecule has 1 rings (SSSR count). The van der Waals surface area contributed by atoms with Gasteiger partial charge in [0.2, 0.25) is 0 Å². The molecule has 0 spiro atoms. The van der Waals surface area contributed by atoms with Gasteiger partial charge in [0.25, 0.3) is 0 Å². The predicted molar refractivity (Wildman–Crippen MR) is 38.2 cm³/mol. The van der Waals surface area contributed by atoms with Crippen LogP contribution in [0.2, 0.25) is 0 Å². The second-order valence-electron chi connectivity index (χ2n) is 3.31. The molecular weight excluding hydrogens is 187 g/mol. The summed E-state index contributed by atoms with van der Waals surface area (Å²) in [6, 6.07) is 0. The standard InChI is InChI=1S/C7H10F3NO2/c1-11-2-4(6(12)13)5(3-11)7(8,9)10/h4-5H,2-3H2,1H3,(H,12,13)/t4-,5-/m1/s1. The number of likely N-dealkylation sites (tertiary alicyclic amines) is 1. The zero-order valence-corrected chi connectivity index (χ0v) is 7.01. The Morgan fingerprint density at radius 3 is 2.31 bits per heavy atom. The molecule has 0 unspecified atom stereocenters. The predicted octanol–water partition coefficient (Wildman–Crippen LogP) is 0.811. The van der Waals surface area contributed by atoms with Crippen LogP contribution < -0.4 is 0 Å². The van der Waals surface area contributed by atoms with E-state index in [2.05, 4.69) is 0 Å². The lowest BCUT2D eigenvalue weighted by atomic mass is 9.96. The Labute approximate surface area is 73.1 Å². The highest BCUT2D eigenvalue weighted by molar-refractivity contribution is 5.71. The third kappa shape index (κ3) is 2.12. The van der Waals surface area contributed by atoms with Crippen LogP contribution in [0, 0.1) is 11.8 Å². The lowest BCUT2D eigenvalue weighted by molar-refractivity contribution is -0.188. The largest absolute Gasteiger partial charge is 0.481 e. The number of carboxylic acids is 1. The van der Waals surface area contributed by atoms with Gasteiger partial charge in [-0.1, -0.05) is 0 Å². The van der Waals surface area contributed by atoms with Gasteiger partial charge in [0, 0.05) is 13.1 Å². The van der Waals surface area contributed by atoms with Crippen molar-refractivity contribution in [3.8, 4) is 0 Å². The first-order valence-corrected chi connectivity index (χ1v) is 3.80. The molecule has 0 aromatic heterocycles. The van der Waals surface area contributed by atoms with E-state index in [4.69, 9.17) is 5.11 Å². The van der Waals surface area contributed by atoms with Crippen LogP contribution in [0.4, 0.5) is 13.2 Å². The van der Waals surface area contributed by atoms with Gasteiger partial charge in [0.1, 0.15) is 0 Å². The molecule has 0 aromatic carbocycles. The molecule has 76 valence electrons. The van der Waals surface area contributed by atoms with E-state index in [-0.39, 0.29) is 13.1 Å². The maximum absolute atomic E-state index is 12.3. The number of hydrogen-bond acceptors (Lipinski definition) is 2. The number of alkyl halides is 3. The van der Waals surface area contributed by atoms with Crippen LogP contribution in [-0.2, 0) is 4.79 Å². The van der Waals surface area contributed by atoms with Crippen molar-refractivity contribution in [3.05, 3.63) is 0 Å². The van der Waals surface area contributed by atoms with Gasteiger partial charge in [0.05, 0.1) is 11.8 Å². The second kappa shape index (κ2) is 3.17. The van der Waals surface area contributed by atoms with Crippen LogP contribution in [0.25, 0.3) is 0 Å². The monoisotopic (exact) mass is 197 g/mol. The van der Waals surface area contributed by atoms with Crippen LogP contribution in [0.3, 0.4) is 0 Å². The van der Waals surface area contributed by atoms with Gasteiger partial charge in [-0.25, -0.2) is 0 Å². The molecule has 1 heterocycles. The van der Waals surface area contributed by atoms with Crippen molar-refractivity contribution < 1.29 is 23.1 Å². The van der Waals surface area contributed by atoms with Crippen LogP contribution in [0.5, 0.6) is 0 Å². The fourth-order valence-electron chi connectivity index (χ4n) is 1.58. The fraction of sp³-hybridized carbons (Fsp3) is 0.857. The Kier molecular flexibility index (Phi) is 2.51. The molecule has 3 nitrogen and oxygen atoms in total. The molecule has 1 fully saturated rings. The average molecular weight is 197 g/mol. The molecule has 0 bridgehead atoms.